The van der Waals surface area contributed by atoms with Crippen LogP contribution >= 0.6 is 11.6 Å². The summed E-state index contributed by atoms with van der Waals surface area (Å²) in [6.45, 7) is 3.02. The van der Waals surface area contributed by atoms with Crippen molar-refractivity contribution in [2.24, 2.45) is 11.1 Å². The highest BCUT2D eigenvalue weighted by Crippen LogP contribution is 2.38. The van der Waals surface area contributed by atoms with Crippen molar-refractivity contribution in [2.45, 2.75) is 26.2 Å². The Hall–Kier alpha value is -3.32. The average Bonchev–Trinajstić information content (AvgIpc) is 3.19. The number of carbonyl (C=O) groups excluding carboxylic acids is 2. The van der Waals surface area contributed by atoms with Crippen molar-refractivity contribution in [3.05, 3.63) is 70.9 Å². The van der Waals surface area contributed by atoms with Gasteiger partial charge in [0.25, 0.3) is 5.91 Å². The molecule has 3 aromatic rings. The number of nitrogens with two attached hydrogens (primary N) is 1. The standard InChI is InChI=1S/C25H26ClN3O4/c1-17-22(23(28-33-17)19-9-5-6-10-20(19)26)24(31)29-13-11-25(12-14-29,15-21(27)30)16-32-18-7-3-2-4-8-18/h2-10H,11-16H2,1H3,(H2,27,30). The molecule has 1 aromatic heterocycles. The molecule has 172 valence electrons. The minimum absolute atomic E-state index is 0.166. The first kappa shape index (κ1) is 22.9. The van der Waals surface area contributed by atoms with E-state index < -0.39 is 5.41 Å². The van der Waals surface area contributed by atoms with Gasteiger partial charge in [-0.1, -0.05) is 53.2 Å². The van der Waals surface area contributed by atoms with E-state index in [9.17, 15) is 9.59 Å². The van der Waals surface area contributed by atoms with E-state index in [0.717, 1.165) is 5.75 Å². The van der Waals surface area contributed by atoms with E-state index in [0.29, 0.717) is 60.1 Å². The molecule has 7 nitrogen and oxygen atoms in total. The van der Waals surface area contributed by atoms with Gasteiger partial charge in [-0.25, -0.2) is 0 Å². The highest BCUT2D eigenvalue weighted by Gasteiger charge is 2.39. The predicted octanol–water partition coefficient (Wildman–Crippen LogP) is 4.48. The van der Waals surface area contributed by atoms with Crippen molar-refractivity contribution in [2.75, 3.05) is 19.7 Å². The molecule has 0 spiro atoms. The molecule has 0 saturated carbocycles. The van der Waals surface area contributed by atoms with Crippen LogP contribution in [0.25, 0.3) is 11.3 Å². The summed E-state index contributed by atoms with van der Waals surface area (Å²) in [6, 6.07) is 16.7. The molecule has 0 bridgehead atoms. The van der Waals surface area contributed by atoms with Crippen molar-refractivity contribution in [3.8, 4) is 17.0 Å². The van der Waals surface area contributed by atoms with Crippen LogP contribution in [0.1, 0.15) is 35.4 Å². The monoisotopic (exact) mass is 467 g/mol. The molecule has 4 rings (SSSR count). The number of para-hydroxylation sites is 1. The van der Waals surface area contributed by atoms with Gasteiger partial charge in [-0.05, 0) is 38.0 Å². The fourth-order valence-electron chi connectivity index (χ4n) is 4.30. The smallest absolute Gasteiger partial charge is 0.259 e. The summed E-state index contributed by atoms with van der Waals surface area (Å²) in [6.07, 6.45) is 1.40. The molecule has 1 saturated heterocycles. The quantitative estimate of drug-likeness (QED) is 0.552. The lowest BCUT2D eigenvalue weighted by Crippen LogP contribution is -2.47. The van der Waals surface area contributed by atoms with Gasteiger partial charge in [0.05, 0.1) is 11.6 Å². The van der Waals surface area contributed by atoms with Crippen molar-refractivity contribution >= 4 is 23.4 Å². The molecule has 0 aliphatic carbocycles. The minimum atomic E-state index is -0.423. The molecule has 1 aliphatic rings. The number of ether oxygens (including phenoxy) is 1. The van der Waals surface area contributed by atoms with Gasteiger partial charge in [0.2, 0.25) is 5.91 Å². The Kier molecular flexibility index (Phi) is 6.70. The first-order valence-corrected chi connectivity index (χ1v) is 11.2. The van der Waals surface area contributed by atoms with E-state index >= 15 is 0 Å². The van der Waals surface area contributed by atoms with Crippen LogP contribution in [0.5, 0.6) is 5.75 Å². The molecule has 0 atom stereocenters. The first-order valence-electron chi connectivity index (χ1n) is 10.9. The number of likely N-dealkylation sites (tertiary alicyclic amines) is 1. The lowest BCUT2D eigenvalue weighted by Gasteiger charge is -2.41. The Morgan fingerprint density at radius 1 is 1.12 bits per heavy atom. The van der Waals surface area contributed by atoms with Crippen LogP contribution < -0.4 is 10.5 Å². The van der Waals surface area contributed by atoms with Gasteiger partial charge in [-0.2, -0.15) is 0 Å². The first-order chi connectivity index (χ1) is 15.9. The molecule has 0 unspecified atom stereocenters. The van der Waals surface area contributed by atoms with Gasteiger partial charge in [-0.15, -0.1) is 0 Å². The lowest BCUT2D eigenvalue weighted by atomic mass is 9.76. The Bertz CT molecular complexity index is 1140. The Morgan fingerprint density at radius 3 is 2.45 bits per heavy atom. The predicted molar refractivity (Wildman–Crippen MR) is 125 cm³/mol. The highest BCUT2D eigenvalue weighted by molar-refractivity contribution is 6.33. The number of carbonyl (C=O) groups is 2. The maximum absolute atomic E-state index is 13.5. The zero-order chi connectivity index (χ0) is 23.4. The second kappa shape index (κ2) is 9.67. The molecular weight excluding hydrogens is 442 g/mol. The summed E-state index contributed by atoms with van der Waals surface area (Å²) < 4.78 is 11.3. The van der Waals surface area contributed by atoms with Crippen LogP contribution in [0, 0.1) is 12.3 Å². The summed E-state index contributed by atoms with van der Waals surface area (Å²) in [5.41, 5.74) is 6.63. The summed E-state index contributed by atoms with van der Waals surface area (Å²) in [5.74, 6) is 0.642. The second-order valence-corrected chi connectivity index (χ2v) is 8.89. The van der Waals surface area contributed by atoms with Gasteiger partial charge in [0.15, 0.2) is 0 Å². The van der Waals surface area contributed by atoms with Crippen molar-refractivity contribution in [1.29, 1.82) is 0 Å². The molecule has 1 fully saturated rings. The summed E-state index contributed by atoms with van der Waals surface area (Å²) in [4.78, 5) is 27.0. The molecule has 2 N–H and O–H groups in total. The van der Waals surface area contributed by atoms with Gasteiger partial charge in [-0.3, -0.25) is 9.59 Å². The Balaban J connectivity index is 1.51. The SMILES string of the molecule is Cc1onc(-c2ccccc2Cl)c1C(=O)N1CCC(COc2ccccc2)(CC(N)=O)CC1. The van der Waals surface area contributed by atoms with E-state index in [1.807, 2.05) is 48.5 Å². The van der Waals surface area contributed by atoms with Crippen LogP contribution in [-0.4, -0.2) is 41.6 Å². The number of hydrogen-bond acceptors (Lipinski definition) is 5. The number of nitrogens with zero attached hydrogens (tertiary/aromatic N) is 2. The van der Waals surface area contributed by atoms with Crippen LogP contribution in [0.2, 0.25) is 5.02 Å². The van der Waals surface area contributed by atoms with E-state index in [4.69, 9.17) is 26.6 Å². The largest absolute Gasteiger partial charge is 0.493 e. The second-order valence-electron chi connectivity index (χ2n) is 8.48. The maximum Gasteiger partial charge on any atom is 0.259 e. The number of benzene rings is 2. The molecule has 2 aromatic carbocycles. The topological polar surface area (TPSA) is 98.7 Å². The van der Waals surface area contributed by atoms with E-state index in [2.05, 4.69) is 5.16 Å². The fourth-order valence-corrected chi connectivity index (χ4v) is 4.52. The molecule has 2 amide bonds. The minimum Gasteiger partial charge on any atom is -0.493 e. The van der Waals surface area contributed by atoms with E-state index in [-0.39, 0.29) is 18.2 Å². The normalized spacial score (nSPS) is 15.3. The van der Waals surface area contributed by atoms with Gasteiger partial charge in [0.1, 0.15) is 22.8 Å². The van der Waals surface area contributed by atoms with E-state index in [1.165, 1.54) is 0 Å². The van der Waals surface area contributed by atoms with Crippen molar-refractivity contribution in [3.63, 3.8) is 0 Å². The van der Waals surface area contributed by atoms with Gasteiger partial charge in [0, 0.05) is 30.5 Å². The number of halogens is 1. The zero-order valence-corrected chi connectivity index (χ0v) is 19.2. The third-order valence-corrected chi connectivity index (χ3v) is 6.48. The van der Waals surface area contributed by atoms with Crippen LogP contribution in [-0.2, 0) is 4.79 Å². The number of aromatic nitrogens is 1. The number of amides is 2. The number of aryl methyl sites for hydroxylation is 1. The Labute approximate surface area is 197 Å². The summed E-state index contributed by atoms with van der Waals surface area (Å²) in [7, 11) is 0. The van der Waals surface area contributed by atoms with Gasteiger partial charge < -0.3 is 19.9 Å². The Morgan fingerprint density at radius 2 is 1.79 bits per heavy atom. The molecule has 8 heteroatoms. The van der Waals surface area contributed by atoms with Crippen LogP contribution in [0.4, 0.5) is 0 Å². The fraction of sp³-hybridized carbons (Fsp3) is 0.320. The maximum atomic E-state index is 13.5. The molecule has 2 heterocycles. The lowest BCUT2D eigenvalue weighted by molar-refractivity contribution is -0.121. The zero-order valence-electron chi connectivity index (χ0n) is 18.4. The molecular formula is C25H26ClN3O4. The third kappa shape index (κ3) is 5.03. The van der Waals surface area contributed by atoms with E-state index in [1.54, 1.807) is 17.9 Å². The van der Waals surface area contributed by atoms with Crippen molar-refractivity contribution in [1.82, 2.24) is 10.1 Å². The average molecular weight is 468 g/mol. The van der Waals surface area contributed by atoms with Crippen LogP contribution in [0.3, 0.4) is 0 Å². The molecule has 33 heavy (non-hydrogen) atoms. The van der Waals surface area contributed by atoms with Crippen molar-refractivity contribution < 1.29 is 18.8 Å². The van der Waals surface area contributed by atoms with Gasteiger partial charge >= 0.3 is 0 Å². The third-order valence-electron chi connectivity index (χ3n) is 6.15. The number of hydrogen-bond donors (Lipinski definition) is 1. The van der Waals surface area contributed by atoms with Crippen LogP contribution in [0.15, 0.2) is 59.1 Å². The summed E-state index contributed by atoms with van der Waals surface area (Å²) in [5, 5.41) is 4.60. The highest BCUT2D eigenvalue weighted by atomic mass is 35.5. The molecule has 0 radical (unpaired) electrons. The number of piperidine rings is 1. The molecule has 1 aliphatic heterocycles. The summed E-state index contributed by atoms with van der Waals surface area (Å²) >= 11 is 6.34. The number of rotatable bonds is 7. The number of primary amides is 1.